The van der Waals surface area contributed by atoms with Crippen molar-refractivity contribution < 1.29 is 17.9 Å². The van der Waals surface area contributed by atoms with E-state index in [1.807, 2.05) is 0 Å². The molecule has 1 aromatic carbocycles. The number of sulfonamides is 1. The fourth-order valence-electron chi connectivity index (χ4n) is 3.31. The van der Waals surface area contributed by atoms with E-state index in [1.54, 1.807) is 11.0 Å². The molecule has 3 rings (SSSR count). The van der Waals surface area contributed by atoms with Crippen molar-refractivity contribution in [3.8, 4) is 0 Å². The Morgan fingerprint density at radius 2 is 1.92 bits per heavy atom. The van der Waals surface area contributed by atoms with Gasteiger partial charge in [0.2, 0.25) is 15.9 Å². The van der Waals surface area contributed by atoms with Crippen LogP contribution >= 0.6 is 23.2 Å². The maximum absolute atomic E-state index is 12.8. The number of piperazine rings is 1. The van der Waals surface area contributed by atoms with Gasteiger partial charge >= 0.3 is 0 Å². The molecule has 26 heavy (non-hydrogen) atoms. The van der Waals surface area contributed by atoms with Gasteiger partial charge in [-0.05, 0) is 37.5 Å². The summed E-state index contributed by atoms with van der Waals surface area (Å²) in [7, 11) is -3.73. The molecule has 0 radical (unpaired) electrons. The third-order valence-corrected chi connectivity index (χ3v) is 7.42. The van der Waals surface area contributed by atoms with Gasteiger partial charge in [0.25, 0.3) is 0 Å². The summed E-state index contributed by atoms with van der Waals surface area (Å²) in [6.07, 6.45) is 3.43. The van der Waals surface area contributed by atoms with Crippen molar-refractivity contribution in [3.63, 3.8) is 0 Å². The summed E-state index contributed by atoms with van der Waals surface area (Å²) in [4.78, 5) is 14.1. The van der Waals surface area contributed by atoms with E-state index < -0.39 is 10.0 Å². The Labute approximate surface area is 164 Å². The van der Waals surface area contributed by atoms with Crippen molar-refractivity contribution >= 4 is 39.1 Å². The zero-order valence-electron chi connectivity index (χ0n) is 14.4. The van der Waals surface area contributed by atoms with Gasteiger partial charge in [-0.15, -0.1) is 0 Å². The molecule has 2 aliphatic rings. The van der Waals surface area contributed by atoms with Crippen molar-refractivity contribution in [2.75, 3.05) is 32.8 Å². The first-order valence-electron chi connectivity index (χ1n) is 8.72. The Bertz CT molecular complexity index is 758. The zero-order valence-corrected chi connectivity index (χ0v) is 16.7. The second-order valence-electron chi connectivity index (χ2n) is 6.53. The molecular formula is C17H22Cl2N2O4S. The largest absolute Gasteiger partial charge is 0.378 e. The first-order valence-corrected chi connectivity index (χ1v) is 10.9. The van der Waals surface area contributed by atoms with Crippen molar-refractivity contribution in [1.82, 2.24) is 9.21 Å². The van der Waals surface area contributed by atoms with Crippen molar-refractivity contribution in [2.45, 2.75) is 36.7 Å². The van der Waals surface area contributed by atoms with Crippen molar-refractivity contribution in [3.05, 3.63) is 28.2 Å². The van der Waals surface area contributed by atoms with Crippen LogP contribution in [0, 0.1) is 0 Å². The van der Waals surface area contributed by atoms with Crippen LogP contribution in [0.3, 0.4) is 0 Å². The SMILES string of the molecule is O=C(CCC1CCCO1)N1CCN(S(=O)(=O)c2cc(Cl)ccc2Cl)CC1. The van der Waals surface area contributed by atoms with E-state index in [9.17, 15) is 13.2 Å². The van der Waals surface area contributed by atoms with E-state index >= 15 is 0 Å². The molecule has 144 valence electrons. The molecule has 2 fully saturated rings. The number of carbonyl (C=O) groups is 1. The second-order valence-corrected chi connectivity index (χ2v) is 9.28. The lowest BCUT2D eigenvalue weighted by molar-refractivity contribution is -0.133. The number of rotatable bonds is 5. The Balaban J connectivity index is 1.57. The topological polar surface area (TPSA) is 66.9 Å². The lowest BCUT2D eigenvalue weighted by Gasteiger charge is -2.34. The molecule has 2 heterocycles. The molecule has 2 aliphatic heterocycles. The molecule has 0 bridgehead atoms. The molecule has 0 aromatic heterocycles. The quantitative estimate of drug-likeness (QED) is 0.734. The summed E-state index contributed by atoms with van der Waals surface area (Å²) in [5, 5.41) is 0.459. The van der Waals surface area contributed by atoms with Crippen LogP contribution in [0.15, 0.2) is 23.1 Å². The summed E-state index contributed by atoms with van der Waals surface area (Å²) in [5.41, 5.74) is 0. The molecule has 2 saturated heterocycles. The van der Waals surface area contributed by atoms with Crippen LogP contribution in [0.1, 0.15) is 25.7 Å². The lowest BCUT2D eigenvalue weighted by atomic mass is 10.1. The van der Waals surface area contributed by atoms with Crippen LogP contribution < -0.4 is 0 Å². The number of amides is 1. The minimum atomic E-state index is -3.73. The first-order chi connectivity index (χ1) is 12.4. The van der Waals surface area contributed by atoms with Gasteiger partial charge in [-0.3, -0.25) is 4.79 Å². The van der Waals surface area contributed by atoms with Gasteiger partial charge in [0.15, 0.2) is 0 Å². The van der Waals surface area contributed by atoms with E-state index in [-0.39, 0.29) is 35.0 Å². The molecule has 0 aliphatic carbocycles. The fourth-order valence-corrected chi connectivity index (χ4v) is 5.47. The molecule has 1 atom stereocenters. The Kier molecular flexibility index (Phi) is 6.45. The van der Waals surface area contributed by atoms with Gasteiger partial charge in [-0.1, -0.05) is 23.2 Å². The molecule has 1 unspecified atom stereocenters. The van der Waals surface area contributed by atoms with Crippen LogP contribution in [-0.4, -0.2) is 62.4 Å². The van der Waals surface area contributed by atoms with Crippen LogP contribution in [0.25, 0.3) is 0 Å². The normalized spacial score (nSPS) is 21.9. The summed E-state index contributed by atoms with van der Waals surface area (Å²) in [6.45, 7) is 2.03. The Morgan fingerprint density at radius 1 is 1.19 bits per heavy atom. The van der Waals surface area contributed by atoms with Gasteiger partial charge in [0, 0.05) is 44.2 Å². The lowest BCUT2D eigenvalue weighted by Crippen LogP contribution is -2.50. The van der Waals surface area contributed by atoms with Crippen LogP contribution in [-0.2, 0) is 19.6 Å². The van der Waals surface area contributed by atoms with E-state index in [0.29, 0.717) is 24.5 Å². The van der Waals surface area contributed by atoms with Crippen molar-refractivity contribution in [2.24, 2.45) is 0 Å². The van der Waals surface area contributed by atoms with Gasteiger partial charge in [-0.25, -0.2) is 8.42 Å². The highest BCUT2D eigenvalue weighted by molar-refractivity contribution is 7.89. The molecule has 0 N–H and O–H groups in total. The smallest absolute Gasteiger partial charge is 0.244 e. The maximum atomic E-state index is 12.8. The van der Waals surface area contributed by atoms with Crippen LogP contribution in [0.2, 0.25) is 10.0 Å². The summed E-state index contributed by atoms with van der Waals surface area (Å²) in [6, 6.07) is 4.38. The highest BCUT2D eigenvalue weighted by Crippen LogP contribution is 2.28. The van der Waals surface area contributed by atoms with Gasteiger partial charge in [0.1, 0.15) is 4.90 Å². The number of hydrogen-bond donors (Lipinski definition) is 0. The molecule has 6 nitrogen and oxygen atoms in total. The monoisotopic (exact) mass is 420 g/mol. The third kappa shape index (κ3) is 4.51. The summed E-state index contributed by atoms with van der Waals surface area (Å²) >= 11 is 12.0. The zero-order chi connectivity index (χ0) is 18.7. The van der Waals surface area contributed by atoms with E-state index in [1.165, 1.54) is 16.4 Å². The van der Waals surface area contributed by atoms with Gasteiger partial charge < -0.3 is 9.64 Å². The second kappa shape index (κ2) is 8.44. The molecule has 0 spiro atoms. The number of nitrogens with zero attached hydrogens (tertiary/aromatic N) is 2. The summed E-state index contributed by atoms with van der Waals surface area (Å²) in [5.74, 6) is 0.0540. The molecule has 1 aromatic rings. The van der Waals surface area contributed by atoms with Gasteiger partial charge in [-0.2, -0.15) is 4.31 Å². The van der Waals surface area contributed by atoms with Crippen LogP contribution in [0.5, 0.6) is 0 Å². The molecule has 1 amide bonds. The number of halogens is 2. The third-order valence-electron chi connectivity index (χ3n) is 4.81. The highest BCUT2D eigenvalue weighted by atomic mass is 35.5. The number of carbonyl (C=O) groups excluding carboxylic acids is 1. The fraction of sp³-hybridized carbons (Fsp3) is 0.588. The number of benzene rings is 1. The molecule has 9 heteroatoms. The van der Waals surface area contributed by atoms with E-state index in [4.69, 9.17) is 27.9 Å². The summed E-state index contributed by atoms with van der Waals surface area (Å²) < 4.78 is 32.5. The first kappa shape index (κ1) is 19.9. The van der Waals surface area contributed by atoms with Gasteiger partial charge in [0.05, 0.1) is 11.1 Å². The Hall–Kier alpha value is -0.860. The van der Waals surface area contributed by atoms with Crippen LogP contribution in [0.4, 0.5) is 0 Å². The van der Waals surface area contributed by atoms with Crippen molar-refractivity contribution in [1.29, 1.82) is 0 Å². The van der Waals surface area contributed by atoms with E-state index in [2.05, 4.69) is 0 Å². The minimum absolute atomic E-state index is 0.00447. The number of ether oxygens (including phenoxy) is 1. The average Bonchev–Trinajstić information content (AvgIpc) is 3.15. The van der Waals surface area contributed by atoms with E-state index in [0.717, 1.165) is 25.9 Å². The molecular weight excluding hydrogens is 399 g/mol. The highest BCUT2D eigenvalue weighted by Gasteiger charge is 2.31. The predicted molar refractivity (Wildman–Crippen MR) is 100 cm³/mol. The minimum Gasteiger partial charge on any atom is -0.378 e. The maximum Gasteiger partial charge on any atom is 0.244 e. The standard InChI is InChI=1S/C17H22Cl2N2O4S/c18-13-3-5-15(19)16(12-13)26(23,24)21-9-7-20(8-10-21)17(22)6-4-14-2-1-11-25-14/h3,5,12,14H,1-2,4,6-11H2. The number of hydrogen-bond acceptors (Lipinski definition) is 4. The average molecular weight is 421 g/mol. The molecule has 0 saturated carbocycles. The Morgan fingerprint density at radius 3 is 2.58 bits per heavy atom. The predicted octanol–water partition coefficient (Wildman–Crippen LogP) is 2.79.